The molecule has 1 fully saturated rings. The molecule has 0 radical (unpaired) electrons. The molecule has 0 unspecified atom stereocenters. The maximum Gasteiger partial charge on any atom is 0.416 e. The molecule has 0 spiro atoms. The van der Waals surface area contributed by atoms with Crippen molar-refractivity contribution >= 4 is 33.3 Å². The van der Waals surface area contributed by atoms with E-state index in [9.17, 15) is 40.7 Å². The Morgan fingerprint density at radius 3 is 2.40 bits per heavy atom. The van der Waals surface area contributed by atoms with Crippen LogP contribution in [0.4, 0.5) is 28.9 Å². The molecule has 1 aliphatic carbocycles. The molecule has 3 atom stereocenters. The van der Waals surface area contributed by atoms with Crippen LogP contribution in [0.15, 0.2) is 65.6 Å². The van der Waals surface area contributed by atoms with Gasteiger partial charge in [-0.15, -0.1) is 0 Å². The van der Waals surface area contributed by atoms with Crippen molar-refractivity contribution in [1.82, 2.24) is 0 Å². The quantitative estimate of drug-likeness (QED) is 0.322. The van der Waals surface area contributed by atoms with Crippen LogP contribution in [-0.4, -0.2) is 39.1 Å². The number of nitrogens with zero attached hydrogens (tertiary/aromatic N) is 1. The summed E-state index contributed by atoms with van der Waals surface area (Å²) in [5.74, 6) is -5.72. The van der Waals surface area contributed by atoms with Crippen molar-refractivity contribution in [3.05, 3.63) is 83.2 Å². The lowest BCUT2D eigenvalue weighted by atomic mass is 9.69. The zero-order valence-corrected chi connectivity index (χ0v) is 23.7. The van der Waals surface area contributed by atoms with Gasteiger partial charge in [0.25, 0.3) is 10.0 Å². The van der Waals surface area contributed by atoms with Crippen LogP contribution < -0.4 is 14.4 Å². The van der Waals surface area contributed by atoms with Crippen LogP contribution in [0.5, 0.6) is 5.75 Å². The molecule has 2 N–H and O–H groups in total. The number of nitrogens with one attached hydrogen (secondary N) is 1. The molecular weight excluding hydrogens is 592 g/mol. The first-order valence-corrected chi connectivity index (χ1v) is 15.0. The zero-order valence-electron chi connectivity index (χ0n) is 22.9. The van der Waals surface area contributed by atoms with Gasteiger partial charge in [0.05, 0.1) is 40.3 Å². The largest absolute Gasteiger partial charge is 0.493 e. The number of hydrogen-bond acceptors (Lipinski definition) is 5. The summed E-state index contributed by atoms with van der Waals surface area (Å²) in [6.07, 6.45) is -2.97. The van der Waals surface area contributed by atoms with Crippen molar-refractivity contribution in [1.29, 1.82) is 0 Å². The van der Waals surface area contributed by atoms with E-state index in [2.05, 4.69) is 5.32 Å². The molecule has 8 nitrogen and oxygen atoms in total. The molecule has 1 heterocycles. The Balaban J connectivity index is 1.34. The van der Waals surface area contributed by atoms with E-state index in [1.165, 1.54) is 19.2 Å². The van der Waals surface area contributed by atoms with Gasteiger partial charge < -0.3 is 15.2 Å². The van der Waals surface area contributed by atoms with Crippen LogP contribution in [0.1, 0.15) is 41.9 Å². The molecule has 43 heavy (non-hydrogen) atoms. The molecule has 0 aromatic heterocycles. The molecule has 2 aliphatic rings. The fraction of sp³-hybridized carbons (Fsp3) is 0.333. The minimum absolute atomic E-state index is 0.0660. The second-order valence-corrected chi connectivity index (χ2v) is 12.6. The second kappa shape index (κ2) is 11.5. The van der Waals surface area contributed by atoms with Gasteiger partial charge in [0.1, 0.15) is 11.6 Å². The number of benzene rings is 3. The van der Waals surface area contributed by atoms with E-state index in [4.69, 9.17) is 4.74 Å². The molecule has 13 heteroatoms. The van der Waals surface area contributed by atoms with Crippen LogP contribution in [-0.2, 0) is 32.2 Å². The molecule has 5 rings (SSSR count). The Hall–Kier alpha value is -4.13. The number of ether oxygens (including phenoxy) is 1. The van der Waals surface area contributed by atoms with Gasteiger partial charge in [-0.25, -0.2) is 12.8 Å². The van der Waals surface area contributed by atoms with E-state index in [0.29, 0.717) is 48.9 Å². The number of carboxylic acid groups (broad SMARTS) is 1. The molecule has 3 aromatic rings. The number of halogens is 4. The number of carbonyl (C=O) groups is 2. The number of alkyl halides is 3. The number of carboxylic acids is 1. The lowest BCUT2D eigenvalue weighted by Gasteiger charge is -2.35. The first-order chi connectivity index (χ1) is 20.3. The van der Waals surface area contributed by atoms with Crippen LogP contribution in [0.25, 0.3) is 0 Å². The number of anilines is 2. The van der Waals surface area contributed by atoms with E-state index in [0.717, 1.165) is 15.9 Å². The van der Waals surface area contributed by atoms with Crippen LogP contribution in [0, 0.1) is 17.7 Å². The highest BCUT2D eigenvalue weighted by Gasteiger charge is 2.43. The van der Waals surface area contributed by atoms with Crippen molar-refractivity contribution in [2.75, 3.05) is 23.3 Å². The molecule has 1 saturated carbocycles. The summed E-state index contributed by atoms with van der Waals surface area (Å²) >= 11 is 0. The summed E-state index contributed by atoms with van der Waals surface area (Å²) in [5.41, 5.74) is 0.147. The zero-order chi connectivity index (χ0) is 31.1. The van der Waals surface area contributed by atoms with E-state index < -0.39 is 62.9 Å². The number of aliphatic carboxylic acids is 1. The third kappa shape index (κ3) is 6.03. The van der Waals surface area contributed by atoms with E-state index in [1.54, 1.807) is 30.3 Å². The fourth-order valence-corrected chi connectivity index (χ4v) is 6.97. The van der Waals surface area contributed by atoms with Crippen molar-refractivity contribution in [3.8, 4) is 5.75 Å². The highest BCUT2D eigenvalue weighted by atomic mass is 32.2. The van der Waals surface area contributed by atoms with Gasteiger partial charge in [0.15, 0.2) is 0 Å². The Morgan fingerprint density at radius 1 is 1.02 bits per heavy atom. The number of hydrogen-bond donors (Lipinski definition) is 2. The van der Waals surface area contributed by atoms with Gasteiger partial charge in [0, 0.05) is 19.5 Å². The molecule has 1 aliphatic heterocycles. The van der Waals surface area contributed by atoms with Crippen LogP contribution in [0.3, 0.4) is 0 Å². The van der Waals surface area contributed by atoms with Gasteiger partial charge in [-0.1, -0.05) is 24.6 Å². The Bertz CT molecular complexity index is 1660. The summed E-state index contributed by atoms with van der Waals surface area (Å²) in [7, 11) is -2.52. The molecule has 0 saturated heterocycles. The van der Waals surface area contributed by atoms with Gasteiger partial charge in [-0.05, 0) is 66.3 Å². The minimum Gasteiger partial charge on any atom is -0.493 e. The maximum absolute atomic E-state index is 14.4. The van der Waals surface area contributed by atoms with E-state index in [-0.39, 0.29) is 17.4 Å². The first kappa shape index (κ1) is 30.3. The monoisotopic (exact) mass is 620 g/mol. The minimum atomic E-state index is -4.76. The van der Waals surface area contributed by atoms with Crippen molar-refractivity contribution in [3.63, 3.8) is 0 Å². The van der Waals surface area contributed by atoms with Crippen LogP contribution in [0.2, 0.25) is 0 Å². The van der Waals surface area contributed by atoms with E-state index >= 15 is 0 Å². The van der Waals surface area contributed by atoms with Gasteiger partial charge in [-0.2, -0.15) is 13.2 Å². The number of rotatable bonds is 7. The fourth-order valence-electron chi connectivity index (χ4n) is 5.76. The molecule has 0 bridgehead atoms. The van der Waals surface area contributed by atoms with Crippen molar-refractivity contribution in [2.24, 2.45) is 11.8 Å². The summed E-state index contributed by atoms with van der Waals surface area (Å²) < 4.78 is 86.2. The van der Waals surface area contributed by atoms with Gasteiger partial charge in [-0.3, -0.25) is 13.9 Å². The first-order valence-electron chi connectivity index (χ1n) is 13.5. The summed E-state index contributed by atoms with van der Waals surface area (Å²) in [5, 5.41) is 12.4. The summed E-state index contributed by atoms with van der Waals surface area (Å²) in [6.45, 7) is 0.489. The highest BCUT2D eigenvalue weighted by molar-refractivity contribution is 7.92. The average Bonchev–Trinajstić information content (AvgIpc) is 3.45. The SMILES string of the molecule is CN(c1ccc([C@H]2CCC[C@@H](C(=O)Nc3ccc(C(F)(F)F)cc3F)[C@@H]2C(=O)O)cc1)S(=O)(=O)c1ccc2c(c1)OCC2. The Kier molecular flexibility index (Phi) is 8.12. The number of fused-ring (bicyclic) bond motifs is 1. The molecular formula is C30H28F4N2O6S. The lowest BCUT2D eigenvalue weighted by Crippen LogP contribution is -2.40. The third-order valence-electron chi connectivity index (χ3n) is 8.08. The van der Waals surface area contributed by atoms with Gasteiger partial charge in [0.2, 0.25) is 5.91 Å². The molecule has 228 valence electrons. The van der Waals surface area contributed by atoms with Crippen molar-refractivity contribution in [2.45, 2.75) is 42.7 Å². The Labute approximate surface area is 245 Å². The third-order valence-corrected chi connectivity index (χ3v) is 9.87. The predicted octanol–water partition coefficient (Wildman–Crippen LogP) is 5.83. The summed E-state index contributed by atoms with van der Waals surface area (Å²) in [4.78, 5) is 25.6. The molecule has 1 amide bonds. The average molecular weight is 621 g/mol. The second-order valence-electron chi connectivity index (χ2n) is 10.6. The smallest absolute Gasteiger partial charge is 0.416 e. The lowest BCUT2D eigenvalue weighted by molar-refractivity contribution is -0.148. The maximum atomic E-state index is 14.4. The van der Waals surface area contributed by atoms with E-state index in [1.807, 2.05) is 0 Å². The number of sulfonamides is 1. The topological polar surface area (TPSA) is 113 Å². The molecule has 3 aromatic carbocycles. The number of amides is 1. The van der Waals surface area contributed by atoms with Crippen molar-refractivity contribution < 1.29 is 45.4 Å². The van der Waals surface area contributed by atoms with Crippen LogP contribution >= 0.6 is 0 Å². The highest BCUT2D eigenvalue weighted by Crippen LogP contribution is 2.43. The standard InChI is InChI=1S/C30H28F4N2O6S/c1-36(43(40,41)21-11-7-18-13-14-42-26(18)16-21)20-9-5-17(6-10-20)22-3-2-4-23(27(22)29(38)39)28(37)35-25-12-8-19(15-24(25)31)30(32,33)34/h5-12,15-16,22-23,27H,2-4,13-14H2,1H3,(H,35,37)(H,38,39)/t22-,23-,27-/m1/s1. The predicted molar refractivity (Wildman–Crippen MR) is 149 cm³/mol. The number of carbonyl (C=O) groups excluding carboxylic acids is 1. The Morgan fingerprint density at radius 2 is 1.74 bits per heavy atom. The summed E-state index contributed by atoms with van der Waals surface area (Å²) in [6, 6.07) is 12.8. The normalized spacial score (nSPS) is 20.2. The van der Waals surface area contributed by atoms with Gasteiger partial charge >= 0.3 is 12.1 Å².